The fourth-order valence-corrected chi connectivity index (χ4v) is 1.03. The first-order valence-corrected chi connectivity index (χ1v) is 3.28. The number of imide groups is 1. The fourth-order valence-electron chi connectivity index (χ4n) is 1.03. The molecule has 0 saturated heterocycles. The smallest absolute Gasteiger partial charge is 0.320 e. The molecule has 0 spiro atoms. The second kappa shape index (κ2) is 2.77. The molecule has 2 N–H and O–H groups in total. The van der Waals surface area contributed by atoms with Gasteiger partial charge in [0.1, 0.15) is 0 Å². The summed E-state index contributed by atoms with van der Waals surface area (Å²) in [4.78, 5) is 32.0. The number of rotatable bonds is 1. The SMILES string of the molecule is CC1=CC(=O)NC(=O)C1C(=O)O. The second-order valence-corrected chi connectivity index (χ2v) is 2.51. The third-order valence-corrected chi connectivity index (χ3v) is 1.57. The maximum Gasteiger partial charge on any atom is 0.320 e. The average Bonchev–Trinajstić information content (AvgIpc) is 1.82. The molecule has 12 heavy (non-hydrogen) atoms. The third kappa shape index (κ3) is 1.34. The van der Waals surface area contributed by atoms with Crippen molar-refractivity contribution in [3.05, 3.63) is 11.6 Å². The molecule has 1 unspecified atom stereocenters. The number of carboxylic acid groups (broad SMARTS) is 1. The molecule has 2 amide bonds. The summed E-state index contributed by atoms with van der Waals surface area (Å²) in [7, 11) is 0. The summed E-state index contributed by atoms with van der Waals surface area (Å²) in [6.45, 7) is 1.44. The van der Waals surface area contributed by atoms with Gasteiger partial charge in [-0.2, -0.15) is 0 Å². The van der Waals surface area contributed by atoms with Gasteiger partial charge in [-0.3, -0.25) is 19.7 Å². The molecular formula is C7H7NO4. The predicted molar refractivity (Wildman–Crippen MR) is 38.0 cm³/mol. The summed E-state index contributed by atoms with van der Waals surface area (Å²) in [5.41, 5.74) is 0.260. The van der Waals surface area contributed by atoms with Crippen LogP contribution in [0.3, 0.4) is 0 Å². The van der Waals surface area contributed by atoms with E-state index in [1.54, 1.807) is 0 Å². The van der Waals surface area contributed by atoms with Crippen molar-refractivity contribution in [2.75, 3.05) is 0 Å². The Morgan fingerprint density at radius 3 is 2.58 bits per heavy atom. The normalized spacial score (nSPS) is 23.1. The summed E-state index contributed by atoms with van der Waals surface area (Å²) in [6.07, 6.45) is 1.11. The number of aliphatic carboxylic acids is 1. The standard InChI is InChI=1S/C7H7NO4/c1-3-2-4(9)8-6(10)5(3)7(11)12/h2,5H,1H3,(H,11,12)(H,8,9,10). The van der Waals surface area contributed by atoms with Crippen molar-refractivity contribution < 1.29 is 19.5 Å². The van der Waals surface area contributed by atoms with Gasteiger partial charge in [0.25, 0.3) is 5.91 Å². The maximum absolute atomic E-state index is 10.9. The van der Waals surface area contributed by atoms with Crippen LogP contribution < -0.4 is 5.32 Å². The summed E-state index contributed by atoms with van der Waals surface area (Å²) in [6, 6.07) is 0. The van der Waals surface area contributed by atoms with Crippen molar-refractivity contribution in [3.8, 4) is 0 Å². The largest absolute Gasteiger partial charge is 0.480 e. The van der Waals surface area contributed by atoms with Crippen LogP contribution in [0.1, 0.15) is 6.92 Å². The van der Waals surface area contributed by atoms with Crippen LogP contribution in [0.15, 0.2) is 11.6 Å². The van der Waals surface area contributed by atoms with E-state index in [4.69, 9.17) is 5.11 Å². The number of carbonyl (C=O) groups is 3. The van der Waals surface area contributed by atoms with Crippen LogP contribution in [0.2, 0.25) is 0 Å². The summed E-state index contributed by atoms with van der Waals surface area (Å²) >= 11 is 0. The highest BCUT2D eigenvalue weighted by Crippen LogP contribution is 2.14. The van der Waals surface area contributed by atoms with Gasteiger partial charge in [0, 0.05) is 6.08 Å². The summed E-state index contributed by atoms with van der Waals surface area (Å²) in [5.74, 6) is -3.79. The van der Waals surface area contributed by atoms with Crippen molar-refractivity contribution in [1.29, 1.82) is 0 Å². The van der Waals surface area contributed by atoms with E-state index in [1.165, 1.54) is 6.92 Å². The minimum atomic E-state index is -1.24. The molecule has 1 atom stereocenters. The summed E-state index contributed by atoms with van der Waals surface area (Å²) in [5, 5.41) is 10.5. The number of nitrogens with one attached hydrogen (secondary N) is 1. The average molecular weight is 169 g/mol. The van der Waals surface area contributed by atoms with Crippen LogP contribution in [0.5, 0.6) is 0 Å². The van der Waals surface area contributed by atoms with Crippen molar-refractivity contribution >= 4 is 17.8 Å². The number of hydrogen-bond donors (Lipinski definition) is 2. The van der Waals surface area contributed by atoms with Crippen molar-refractivity contribution in [3.63, 3.8) is 0 Å². The molecule has 0 saturated carbocycles. The molecule has 0 bridgehead atoms. The molecule has 1 aliphatic heterocycles. The molecule has 0 aromatic rings. The van der Waals surface area contributed by atoms with E-state index in [9.17, 15) is 14.4 Å². The van der Waals surface area contributed by atoms with E-state index in [1.807, 2.05) is 5.32 Å². The lowest BCUT2D eigenvalue weighted by Gasteiger charge is -2.16. The van der Waals surface area contributed by atoms with Crippen molar-refractivity contribution in [2.24, 2.45) is 5.92 Å². The van der Waals surface area contributed by atoms with Crippen LogP contribution in [0.4, 0.5) is 0 Å². The van der Waals surface area contributed by atoms with Gasteiger partial charge in [-0.05, 0) is 12.5 Å². The van der Waals surface area contributed by atoms with Crippen LogP contribution in [-0.4, -0.2) is 22.9 Å². The van der Waals surface area contributed by atoms with Crippen LogP contribution in [-0.2, 0) is 14.4 Å². The number of carbonyl (C=O) groups excluding carboxylic acids is 2. The molecule has 1 heterocycles. The first-order chi connectivity index (χ1) is 5.52. The molecule has 0 aliphatic carbocycles. The number of carboxylic acids is 1. The first-order valence-electron chi connectivity index (χ1n) is 3.28. The minimum absolute atomic E-state index is 0.260. The van der Waals surface area contributed by atoms with Gasteiger partial charge < -0.3 is 5.11 Å². The van der Waals surface area contributed by atoms with Gasteiger partial charge in [0.2, 0.25) is 5.91 Å². The molecule has 1 rings (SSSR count). The molecule has 64 valence electrons. The van der Waals surface area contributed by atoms with Crippen LogP contribution >= 0.6 is 0 Å². The summed E-state index contributed by atoms with van der Waals surface area (Å²) < 4.78 is 0. The Hall–Kier alpha value is -1.65. The van der Waals surface area contributed by atoms with Gasteiger partial charge in [-0.25, -0.2) is 0 Å². The third-order valence-electron chi connectivity index (χ3n) is 1.57. The van der Waals surface area contributed by atoms with E-state index < -0.39 is 23.7 Å². The fraction of sp³-hybridized carbons (Fsp3) is 0.286. The predicted octanol–water partition coefficient (Wildman–Crippen LogP) is -0.710. The Morgan fingerprint density at radius 1 is 1.58 bits per heavy atom. The number of hydrogen-bond acceptors (Lipinski definition) is 3. The topological polar surface area (TPSA) is 83.5 Å². The van der Waals surface area contributed by atoms with E-state index in [2.05, 4.69) is 0 Å². The monoisotopic (exact) mass is 169 g/mol. The zero-order valence-electron chi connectivity index (χ0n) is 6.33. The van der Waals surface area contributed by atoms with Crippen molar-refractivity contribution in [1.82, 2.24) is 5.32 Å². The van der Waals surface area contributed by atoms with Crippen molar-refractivity contribution in [2.45, 2.75) is 6.92 Å². The molecule has 0 radical (unpaired) electrons. The highest BCUT2D eigenvalue weighted by molar-refractivity contribution is 6.12. The lowest BCUT2D eigenvalue weighted by Crippen LogP contribution is -2.42. The molecule has 5 nitrogen and oxygen atoms in total. The Labute approximate surface area is 68.1 Å². The quantitative estimate of drug-likeness (QED) is 0.401. The minimum Gasteiger partial charge on any atom is -0.480 e. The van der Waals surface area contributed by atoms with Crippen LogP contribution in [0.25, 0.3) is 0 Å². The van der Waals surface area contributed by atoms with Gasteiger partial charge in [0.05, 0.1) is 0 Å². The van der Waals surface area contributed by atoms with Crippen LogP contribution in [0, 0.1) is 5.92 Å². The van der Waals surface area contributed by atoms with E-state index in [-0.39, 0.29) is 5.57 Å². The molecule has 0 aromatic heterocycles. The molecule has 5 heteroatoms. The maximum atomic E-state index is 10.9. The first kappa shape index (κ1) is 8.45. The zero-order chi connectivity index (χ0) is 9.30. The lowest BCUT2D eigenvalue weighted by atomic mass is 9.96. The Kier molecular flexibility index (Phi) is 1.95. The van der Waals surface area contributed by atoms with E-state index in [0.717, 1.165) is 6.08 Å². The molecule has 0 aromatic carbocycles. The molecule has 1 aliphatic rings. The van der Waals surface area contributed by atoms with E-state index in [0.29, 0.717) is 0 Å². The highest BCUT2D eigenvalue weighted by Gasteiger charge is 2.32. The Morgan fingerprint density at radius 2 is 2.17 bits per heavy atom. The van der Waals surface area contributed by atoms with Gasteiger partial charge in [-0.1, -0.05) is 0 Å². The molecule has 0 fully saturated rings. The number of amides is 2. The highest BCUT2D eigenvalue weighted by atomic mass is 16.4. The zero-order valence-corrected chi connectivity index (χ0v) is 6.33. The van der Waals surface area contributed by atoms with Gasteiger partial charge in [-0.15, -0.1) is 0 Å². The van der Waals surface area contributed by atoms with E-state index >= 15 is 0 Å². The van der Waals surface area contributed by atoms with Gasteiger partial charge >= 0.3 is 5.97 Å². The van der Waals surface area contributed by atoms with Gasteiger partial charge in [0.15, 0.2) is 5.92 Å². The second-order valence-electron chi connectivity index (χ2n) is 2.51. The Bertz CT molecular complexity index is 292. The Balaban J connectivity index is 3.01. The molecular weight excluding hydrogens is 162 g/mol. The lowest BCUT2D eigenvalue weighted by molar-refractivity contribution is -0.146.